The average Bonchev–Trinajstić information content (AvgIpc) is 3.07. The molecule has 0 radical (unpaired) electrons. The number of nitrogens with one attached hydrogen (secondary N) is 1. The van der Waals surface area contributed by atoms with Crippen LogP contribution in [0.2, 0.25) is 0 Å². The van der Waals surface area contributed by atoms with E-state index in [4.69, 9.17) is 0 Å². The lowest BCUT2D eigenvalue weighted by atomic mass is 10.1. The zero-order valence-electron chi connectivity index (χ0n) is 14.7. The van der Waals surface area contributed by atoms with Gasteiger partial charge in [-0.1, -0.05) is 30.3 Å². The summed E-state index contributed by atoms with van der Waals surface area (Å²) in [7, 11) is 1.78. The highest BCUT2D eigenvalue weighted by Gasteiger charge is 2.18. The Labute approximate surface area is 157 Å². The van der Waals surface area contributed by atoms with Crippen LogP contribution in [0.25, 0.3) is 0 Å². The zero-order valence-corrected chi connectivity index (χ0v) is 15.5. The summed E-state index contributed by atoms with van der Waals surface area (Å²) < 4.78 is 0. The number of para-hydroxylation sites is 1. The summed E-state index contributed by atoms with van der Waals surface area (Å²) in [4.78, 5) is 28.2. The molecule has 0 spiro atoms. The summed E-state index contributed by atoms with van der Waals surface area (Å²) in [6, 6.07) is 18.1. The Balaban J connectivity index is 1.79. The number of nitrogens with zero attached hydrogens (tertiary/aromatic N) is 1. The molecule has 0 fully saturated rings. The zero-order chi connectivity index (χ0) is 18.5. The van der Waals surface area contributed by atoms with Gasteiger partial charge in [-0.2, -0.15) is 0 Å². The van der Waals surface area contributed by atoms with Crippen molar-refractivity contribution in [3.05, 3.63) is 87.6 Å². The lowest BCUT2D eigenvalue weighted by Gasteiger charge is -2.19. The molecular weight excluding hydrogens is 344 g/mol. The molecule has 1 aromatic heterocycles. The maximum Gasteiger partial charge on any atom is 0.256 e. The molecule has 3 aromatic rings. The van der Waals surface area contributed by atoms with E-state index in [9.17, 15) is 9.59 Å². The van der Waals surface area contributed by atoms with Crippen molar-refractivity contribution in [1.82, 2.24) is 4.90 Å². The van der Waals surface area contributed by atoms with Crippen molar-refractivity contribution in [3.63, 3.8) is 0 Å². The lowest BCUT2D eigenvalue weighted by Crippen LogP contribution is -2.27. The van der Waals surface area contributed by atoms with Gasteiger partial charge in [-0.15, -0.1) is 11.3 Å². The first kappa shape index (κ1) is 17.9. The number of amides is 2. The van der Waals surface area contributed by atoms with Crippen LogP contribution in [0, 0.1) is 6.92 Å². The molecule has 1 heterocycles. The third-order valence-electron chi connectivity index (χ3n) is 4.14. The first-order valence-corrected chi connectivity index (χ1v) is 9.18. The first-order chi connectivity index (χ1) is 12.6. The minimum Gasteiger partial charge on any atom is -0.336 e. The number of anilines is 1. The van der Waals surface area contributed by atoms with Gasteiger partial charge in [0, 0.05) is 17.5 Å². The number of hydrogen-bond acceptors (Lipinski definition) is 3. The number of carbonyl (C=O) groups excluding carboxylic acids is 2. The van der Waals surface area contributed by atoms with Crippen molar-refractivity contribution < 1.29 is 9.59 Å². The molecule has 132 valence electrons. The molecule has 0 bridgehead atoms. The number of thiophene rings is 1. The molecule has 0 aliphatic carbocycles. The molecule has 0 aliphatic heterocycles. The molecule has 3 rings (SSSR count). The van der Waals surface area contributed by atoms with Crippen molar-refractivity contribution in [2.45, 2.75) is 13.5 Å². The van der Waals surface area contributed by atoms with Crippen LogP contribution >= 0.6 is 11.3 Å². The van der Waals surface area contributed by atoms with Crippen molar-refractivity contribution in [2.75, 3.05) is 12.4 Å². The van der Waals surface area contributed by atoms with E-state index in [0.29, 0.717) is 23.4 Å². The number of hydrogen-bond donors (Lipinski definition) is 1. The van der Waals surface area contributed by atoms with E-state index in [2.05, 4.69) is 5.32 Å². The second-order valence-corrected chi connectivity index (χ2v) is 7.05. The van der Waals surface area contributed by atoms with Gasteiger partial charge in [0.15, 0.2) is 0 Å². The fourth-order valence-corrected chi connectivity index (χ4v) is 3.58. The van der Waals surface area contributed by atoms with Gasteiger partial charge in [-0.25, -0.2) is 0 Å². The van der Waals surface area contributed by atoms with E-state index in [1.165, 1.54) is 5.56 Å². The molecule has 2 aromatic carbocycles. The third-order valence-corrected chi connectivity index (χ3v) is 5.15. The fraction of sp³-hybridized carbons (Fsp3) is 0.143. The van der Waals surface area contributed by atoms with E-state index in [1.807, 2.05) is 36.6 Å². The highest BCUT2D eigenvalue weighted by atomic mass is 32.1. The van der Waals surface area contributed by atoms with Crippen LogP contribution in [0.1, 0.15) is 31.2 Å². The van der Waals surface area contributed by atoms with Crippen LogP contribution in [0.3, 0.4) is 0 Å². The van der Waals surface area contributed by atoms with E-state index in [-0.39, 0.29) is 11.8 Å². The summed E-state index contributed by atoms with van der Waals surface area (Å²) in [6.45, 7) is 2.58. The standard InChI is InChI=1S/C21H20N2O2S/c1-15-12-13-26-19(15)14-23(2)21(25)17-10-6-7-11-18(17)22-20(24)16-8-4-3-5-9-16/h3-13H,14H2,1-2H3,(H,22,24). The normalized spacial score (nSPS) is 10.4. The van der Waals surface area contributed by atoms with Crippen LogP contribution in [-0.2, 0) is 6.54 Å². The minimum absolute atomic E-state index is 0.123. The quantitative estimate of drug-likeness (QED) is 0.720. The maximum absolute atomic E-state index is 12.9. The van der Waals surface area contributed by atoms with Gasteiger partial charge in [0.05, 0.1) is 17.8 Å². The van der Waals surface area contributed by atoms with Crippen LogP contribution in [0.4, 0.5) is 5.69 Å². The Morgan fingerprint density at radius 3 is 2.38 bits per heavy atom. The summed E-state index contributed by atoms with van der Waals surface area (Å²) in [6.07, 6.45) is 0. The molecule has 5 heteroatoms. The highest BCUT2D eigenvalue weighted by Crippen LogP contribution is 2.21. The van der Waals surface area contributed by atoms with Gasteiger partial charge < -0.3 is 10.2 Å². The van der Waals surface area contributed by atoms with E-state index < -0.39 is 0 Å². The molecular formula is C21H20N2O2S. The molecule has 1 N–H and O–H groups in total. The molecule has 2 amide bonds. The monoisotopic (exact) mass is 364 g/mol. The summed E-state index contributed by atoms with van der Waals surface area (Å²) in [5.41, 5.74) is 2.73. The first-order valence-electron chi connectivity index (χ1n) is 8.30. The third kappa shape index (κ3) is 4.00. The summed E-state index contributed by atoms with van der Waals surface area (Å²) in [5.74, 6) is -0.357. The SMILES string of the molecule is Cc1ccsc1CN(C)C(=O)c1ccccc1NC(=O)c1ccccc1. The van der Waals surface area contributed by atoms with Gasteiger partial charge in [-0.3, -0.25) is 9.59 Å². The number of carbonyl (C=O) groups is 2. The predicted molar refractivity (Wildman–Crippen MR) is 106 cm³/mol. The minimum atomic E-state index is -0.234. The molecule has 4 nitrogen and oxygen atoms in total. The Morgan fingerprint density at radius 2 is 1.69 bits per heavy atom. The molecule has 0 aliphatic rings. The van der Waals surface area contributed by atoms with Gasteiger partial charge >= 0.3 is 0 Å². The van der Waals surface area contributed by atoms with Gasteiger partial charge in [0.1, 0.15) is 0 Å². The largest absolute Gasteiger partial charge is 0.336 e. The van der Waals surface area contributed by atoms with Gasteiger partial charge in [0.2, 0.25) is 0 Å². The topological polar surface area (TPSA) is 49.4 Å². The van der Waals surface area contributed by atoms with Crippen molar-refractivity contribution >= 4 is 28.8 Å². The van der Waals surface area contributed by atoms with Crippen LogP contribution in [-0.4, -0.2) is 23.8 Å². The van der Waals surface area contributed by atoms with Gasteiger partial charge in [-0.05, 0) is 48.2 Å². The van der Waals surface area contributed by atoms with E-state index in [0.717, 1.165) is 4.88 Å². The van der Waals surface area contributed by atoms with Crippen molar-refractivity contribution in [2.24, 2.45) is 0 Å². The second-order valence-electron chi connectivity index (χ2n) is 6.05. The predicted octanol–water partition coefficient (Wildman–Crippen LogP) is 4.58. The fourth-order valence-electron chi connectivity index (χ4n) is 2.62. The maximum atomic E-state index is 12.9. The number of benzene rings is 2. The Hall–Kier alpha value is -2.92. The van der Waals surface area contributed by atoms with Crippen LogP contribution in [0.15, 0.2) is 66.0 Å². The second kappa shape index (κ2) is 7.97. The lowest BCUT2D eigenvalue weighted by molar-refractivity contribution is 0.0787. The molecule has 0 saturated heterocycles. The molecule has 0 unspecified atom stereocenters. The summed E-state index contributed by atoms with van der Waals surface area (Å²) in [5, 5.41) is 4.87. The molecule has 26 heavy (non-hydrogen) atoms. The number of rotatable bonds is 5. The smallest absolute Gasteiger partial charge is 0.256 e. The molecule has 0 saturated carbocycles. The number of aryl methyl sites for hydroxylation is 1. The highest BCUT2D eigenvalue weighted by molar-refractivity contribution is 7.10. The van der Waals surface area contributed by atoms with Crippen LogP contribution < -0.4 is 5.32 Å². The van der Waals surface area contributed by atoms with E-state index in [1.54, 1.807) is 59.7 Å². The Morgan fingerprint density at radius 1 is 1.00 bits per heavy atom. The van der Waals surface area contributed by atoms with E-state index >= 15 is 0 Å². The summed E-state index contributed by atoms with van der Waals surface area (Å²) >= 11 is 1.64. The average molecular weight is 364 g/mol. The Kier molecular flexibility index (Phi) is 5.49. The van der Waals surface area contributed by atoms with Gasteiger partial charge in [0.25, 0.3) is 11.8 Å². The van der Waals surface area contributed by atoms with Crippen molar-refractivity contribution in [3.8, 4) is 0 Å². The van der Waals surface area contributed by atoms with Crippen molar-refractivity contribution in [1.29, 1.82) is 0 Å². The Bertz CT molecular complexity index is 919. The molecule has 0 atom stereocenters. The van der Waals surface area contributed by atoms with Crippen LogP contribution in [0.5, 0.6) is 0 Å².